The fourth-order valence-electron chi connectivity index (χ4n) is 2.87. The summed E-state index contributed by atoms with van der Waals surface area (Å²) in [6.45, 7) is 2.85. The predicted octanol–water partition coefficient (Wildman–Crippen LogP) is 0.938. The summed E-state index contributed by atoms with van der Waals surface area (Å²) in [4.78, 5) is 13.5. The van der Waals surface area contributed by atoms with Gasteiger partial charge in [0.15, 0.2) is 0 Å². The molecule has 0 radical (unpaired) electrons. The van der Waals surface area contributed by atoms with Gasteiger partial charge in [-0.15, -0.1) is 0 Å². The maximum absolute atomic E-state index is 13.8. The zero-order chi connectivity index (χ0) is 18.2. The second-order valence-electron chi connectivity index (χ2n) is 6.47. The van der Waals surface area contributed by atoms with Crippen molar-refractivity contribution in [1.29, 1.82) is 0 Å². The van der Waals surface area contributed by atoms with Gasteiger partial charge in [-0.05, 0) is 31.9 Å². The van der Waals surface area contributed by atoms with Crippen LogP contribution in [0.25, 0.3) is 0 Å². The Morgan fingerprint density at radius 3 is 2.40 bits per heavy atom. The van der Waals surface area contributed by atoms with Crippen molar-refractivity contribution in [1.82, 2.24) is 14.5 Å². The van der Waals surface area contributed by atoms with Crippen molar-refractivity contribution in [3.8, 4) is 0 Å². The summed E-state index contributed by atoms with van der Waals surface area (Å²) >= 11 is 0. The number of piperazine rings is 1. The van der Waals surface area contributed by atoms with Gasteiger partial charge in [0.05, 0.1) is 6.04 Å². The van der Waals surface area contributed by atoms with Crippen molar-refractivity contribution in [3.05, 3.63) is 29.8 Å². The minimum absolute atomic E-state index is 0.0524. The lowest BCUT2D eigenvalue weighted by molar-refractivity contribution is -0.126. The van der Waals surface area contributed by atoms with Crippen LogP contribution in [0.1, 0.15) is 19.8 Å². The van der Waals surface area contributed by atoms with Gasteiger partial charge in [-0.3, -0.25) is 9.69 Å². The van der Waals surface area contributed by atoms with Crippen LogP contribution in [-0.2, 0) is 14.8 Å². The average Bonchev–Trinajstić information content (AvgIpc) is 3.38. The van der Waals surface area contributed by atoms with Gasteiger partial charge in [0.2, 0.25) is 15.9 Å². The molecule has 1 unspecified atom stereocenters. The van der Waals surface area contributed by atoms with Crippen molar-refractivity contribution >= 4 is 15.9 Å². The quantitative estimate of drug-likeness (QED) is 0.834. The third-order valence-corrected chi connectivity index (χ3v) is 6.57. The summed E-state index contributed by atoms with van der Waals surface area (Å²) in [6, 6.07) is 2.37. The van der Waals surface area contributed by atoms with Crippen LogP contribution in [0.3, 0.4) is 0 Å². The molecular weight excluding hydrogens is 352 g/mol. The van der Waals surface area contributed by atoms with Gasteiger partial charge in [0.25, 0.3) is 0 Å². The molecule has 0 bridgehead atoms. The molecule has 1 aromatic carbocycles. The van der Waals surface area contributed by atoms with Crippen molar-refractivity contribution < 1.29 is 22.0 Å². The van der Waals surface area contributed by atoms with Crippen molar-refractivity contribution in [3.63, 3.8) is 0 Å². The normalized spacial score (nSPS) is 21.1. The number of carbonyl (C=O) groups excluding carboxylic acids is 1. The first kappa shape index (κ1) is 18.2. The monoisotopic (exact) mass is 373 g/mol. The van der Waals surface area contributed by atoms with Gasteiger partial charge in [-0.2, -0.15) is 4.31 Å². The minimum Gasteiger partial charge on any atom is -0.352 e. The SMILES string of the molecule is CC(C(=O)NC1CC1)N1CCN(S(=O)(=O)c2ccc(F)cc2F)CC1. The number of hydrogen-bond donors (Lipinski definition) is 1. The molecule has 25 heavy (non-hydrogen) atoms. The van der Waals surface area contributed by atoms with E-state index in [-0.39, 0.29) is 31.1 Å². The summed E-state index contributed by atoms with van der Waals surface area (Å²) < 4.78 is 53.1. The van der Waals surface area contributed by atoms with Crippen LogP contribution in [0.4, 0.5) is 8.78 Å². The maximum Gasteiger partial charge on any atom is 0.246 e. The van der Waals surface area contributed by atoms with Gasteiger partial charge in [0.1, 0.15) is 16.5 Å². The number of carbonyl (C=O) groups is 1. The molecular formula is C16H21F2N3O3S. The Hall–Kier alpha value is -1.58. The Bertz CT molecular complexity index is 760. The third-order valence-electron chi connectivity index (χ3n) is 4.64. The molecule has 138 valence electrons. The number of nitrogens with zero attached hydrogens (tertiary/aromatic N) is 2. The van der Waals surface area contributed by atoms with Crippen LogP contribution in [0.5, 0.6) is 0 Å². The van der Waals surface area contributed by atoms with E-state index in [9.17, 15) is 22.0 Å². The molecule has 0 spiro atoms. The highest BCUT2D eigenvalue weighted by atomic mass is 32.2. The van der Waals surface area contributed by atoms with E-state index in [1.54, 1.807) is 6.92 Å². The van der Waals surface area contributed by atoms with Gasteiger partial charge >= 0.3 is 0 Å². The number of rotatable bonds is 5. The summed E-state index contributed by atoms with van der Waals surface area (Å²) in [7, 11) is -4.02. The van der Waals surface area contributed by atoms with Crippen LogP contribution < -0.4 is 5.32 Å². The fourth-order valence-corrected chi connectivity index (χ4v) is 4.34. The number of nitrogens with one attached hydrogen (secondary N) is 1. The van der Waals surface area contributed by atoms with E-state index in [0.29, 0.717) is 19.2 Å². The topological polar surface area (TPSA) is 69.7 Å². The molecule has 1 amide bonds. The van der Waals surface area contributed by atoms with Crippen LogP contribution in [0.15, 0.2) is 23.1 Å². The van der Waals surface area contributed by atoms with Crippen molar-refractivity contribution in [2.45, 2.75) is 36.7 Å². The lowest BCUT2D eigenvalue weighted by Gasteiger charge is -2.36. The molecule has 1 atom stereocenters. The van der Waals surface area contributed by atoms with Crippen LogP contribution in [-0.4, -0.2) is 61.8 Å². The van der Waals surface area contributed by atoms with Crippen LogP contribution in [0, 0.1) is 11.6 Å². The molecule has 1 saturated carbocycles. The number of amides is 1. The summed E-state index contributed by atoms with van der Waals surface area (Å²) in [5.41, 5.74) is 0. The highest BCUT2D eigenvalue weighted by molar-refractivity contribution is 7.89. The van der Waals surface area contributed by atoms with Gasteiger partial charge in [-0.1, -0.05) is 0 Å². The first-order valence-electron chi connectivity index (χ1n) is 8.28. The first-order chi connectivity index (χ1) is 11.8. The Labute approximate surface area is 145 Å². The van der Waals surface area contributed by atoms with Crippen LogP contribution in [0.2, 0.25) is 0 Å². The van der Waals surface area contributed by atoms with Crippen LogP contribution >= 0.6 is 0 Å². The highest BCUT2D eigenvalue weighted by Gasteiger charge is 2.34. The highest BCUT2D eigenvalue weighted by Crippen LogP contribution is 2.22. The average molecular weight is 373 g/mol. The van der Waals surface area contributed by atoms with E-state index in [1.165, 1.54) is 4.31 Å². The molecule has 9 heteroatoms. The van der Waals surface area contributed by atoms with Gasteiger partial charge < -0.3 is 5.32 Å². The second-order valence-corrected chi connectivity index (χ2v) is 8.38. The first-order valence-corrected chi connectivity index (χ1v) is 9.72. The van der Waals surface area contributed by atoms with E-state index in [1.807, 2.05) is 4.90 Å². The van der Waals surface area contributed by atoms with Gasteiger partial charge in [-0.25, -0.2) is 17.2 Å². The molecule has 0 aromatic heterocycles. The standard InChI is InChI=1S/C16H21F2N3O3S/c1-11(16(22)19-13-3-4-13)20-6-8-21(9-7-20)25(23,24)15-5-2-12(17)10-14(15)18/h2,5,10-11,13H,3-4,6-9H2,1H3,(H,19,22). The lowest BCUT2D eigenvalue weighted by atomic mass is 10.2. The fraction of sp³-hybridized carbons (Fsp3) is 0.562. The summed E-state index contributed by atoms with van der Waals surface area (Å²) in [5.74, 6) is -1.97. The Morgan fingerprint density at radius 1 is 1.20 bits per heavy atom. The van der Waals surface area contributed by atoms with E-state index in [0.717, 1.165) is 25.0 Å². The second kappa shape index (κ2) is 6.97. The van der Waals surface area contributed by atoms with E-state index in [4.69, 9.17) is 0 Å². The molecule has 1 aliphatic carbocycles. The molecule has 1 saturated heterocycles. The zero-order valence-corrected chi connectivity index (χ0v) is 14.7. The molecule has 2 aliphatic rings. The number of halogens is 2. The van der Waals surface area contributed by atoms with E-state index in [2.05, 4.69) is 5.32 Å². The Balaban J connectivity index is 1.63. The van der Waals surface area contributed by atoms with Crippen molar-refractivity contribution in [2.24, 2.45) is 0 Å². The Kier molecular flexibility index (Phi) is 5.08. The predicted molar refractivity (Wildman–Crippen MR) is 87.3 cm³/mol. The number of hydrogen-bond acceptors (Lipinski definition) is 4. The smallest absolute Gasteiger partial charge is 0.246 e. The van der Waals surface area contributed by atoms with E-state index >= 15 is 0 Å². The molecule has 2 fully saturated rings. The lowest BCUT2D eigenvalue weighted by Crippen LogP contribution is -2.55. The molecule has 1 aromatic rings. The molecule has 1 heterocycles. The molecule has 6 nitrogen and oxygen atoms in total. The minimum atomic E-state index is -4.02. The summed E-state index contributed by atoms with van der Waals surface area (Å²) in [6.07, 6.45) is 2.02. The largest absolute Gasteiger partial charge is 0.352 e. The maximum atomic E-state index is 13.8. The Morgan fingerprint density at radius 2 is 1.84 bits per heavy atom. The molecule has 1 aliphatic heterocycles. The number of sulfonamides is 1. The van der Waals surface area contributed by atoms with Gasteiger partial charge in [0, 0.05) is 38.3 Å². The number of benzene rings is 1. The third kappa shape index (κ3) is 3.99. The zero-order valence-electron chi connectivity index (χ0n) is 13.9. The molecule has 1 N–H and O–H groups in total. The van der Waals surface area contributed by atoms with E-state index < -0.39 is 26.6 Å². The van der Waals surface area contributed by atoms with Crippen molar-refractivity contribution in [2.75, 3.05) is 26.2 Å². The summed E-state index contributed by atoms with van der Waals surface area (Å²) in [5, 5.41) is 2.93. The molecule has 3 rings (SSSR count).